The molecule has 2 rings (SSSR count). The average Bonchev–Trinajstić information content (AvgIpc) is 2.51. The fourth-order valence-electron chi connectivity index (χ4n) is 1.75. The largest absolute Gasteiger partial charge is 0.341 e. The molecule has 0 aromatic carbocycles. The second-order valence-electron chi connectivity index (χ2n) is 3.81. The van der Waals surface area contributed by atoms with Gasteiger partial charge in [-0.3, -0.25) is 10.1 Å². The molecular formula is C9H17ClN2OS. The molecule has 1 N–H and O–H groups in total. The van der Waals surface area contributed by atoms with Gasteiger partial charge >= 0.3 is 0 Å². The minimum atomic E-state index is 0. The van der Waals surface area contributed by atoms with E-state index in [2.05, 4.69) is 5.32 Å². The number of carbonyl (C=O) groups excluding carboxylic acids is 1. The maximum Gasteiger partial charge on any atom is 0.240 e. The van der Waals surface area contributed by atoms with E-state index >= 15 is 0 Å². The predicted molar refractivity (Wildman–Crippen MR) is 61.9 cm³/mol. The molecule has 1 amide bonds. The summed E-state index contributed by atoms with van der Waals surface area (Å²) in [6.07, 6.45) is 3.68. The Kier molecular flexibility index (Phi) is 4.54. The molecule has 1 saturated heterocycles. The van der Waals surface area contributed by atoms with Gasteiger partial charge in [0.05, 0.1) is 6.04 Å². The van der Waals surface area contributed by atoms with Crippen LogP contribution in [0.25, 0.3) is 0 Å². The summed E-state index contributed by atoms with van der Waals surface area (Å²) >= 11 is 1.81. The Hall–Kier alpha value is 0.0700. The van der Waals surface area contributed by atoms with Crippen molar-refractivity contribution in [2.75, 3.05) is 18.7 Å². The number of nitrogens with one attached hydrogen (secondary N) is 1. The molecule has 1 heterocycles. The number of amides is 1. The highest BCUT2D eigenvalue weighted by molar-refractivity contribution is 7.99. The monoisotopic (exact) mass is 236 g/mol. The first-order valence-electron chi connectivity index (χ1n) is 4.87. The maximum absolute atomic E-state index is 11.8. The molecule has 1 saturated carbocycles. The molecule has 1 atom stereocenters. The van der Waals surface area contributed by atoms with Crippen molar-refractivity contribution >= 4 is 30.1 Å². The SMILES string of the molecule is CN(C(=O)[C@H]1CSCN1)C1CCC1.Cl. The van der Waals surface area contributed by atoms with E-state index in [4.69, 9.17) is 0 Å². The molecule has 2 fully saturated rings. The summed E-state index contributed by atoms with van der Waals surface area (Å²) < 4.78 is 0. The summed E-state index contributed by atoms with van der Waals surface area (Å²) in [4.78, 5) is 13.8. The van der Waals surface area contributed by atoms with Gasteiger partial charge in [0, 0.05) is 24.7 Å². The van der Waals surface area contributed by atoms with Gasteiger partial charge in [-0.1, -0.05) is 0 Å². The van der Waals surface area contributed by atoms with E-state index in [0.717, 1.165) is 11.6 Å². The van der Waals surface area contributed by atoms with E-state index in [9.17, 15) is 4.79 Å². The van der Waals surface area contributed by atoms with Crippen LogP contribution in [0.5, 0.6) is 0 Å². The van der Waals surface area contributed by atoms with Crippen molar-refractivity contribution < 1.29 is 4.79 Å². The summed E-state index contributed by atoms with van der Waals surface area (Å²) in [5, 5.41) is 3.21. The van der Waals surface area contributed by atoms with Crippen LogP contribution in [0.1, 0.15) is 19.3 Å². The number of thioether (sulfide) groups is 1. The topological polar surface area (TPSA) is 32.3 Å². The third-order valence-corrected chi connectivity index (χ3v) is 3.92. The normalized spacial score (nSPS) is 26.5. The molecule has 82 valence electrons. The molecule has 1 aliphatic heterocycles. The number of carbonyl (C=O) groups is 1. The van der Waals surface area contributed by atoms with Crippen LogP contribution in [0.15, 0.2) is 0 Å². The molecular weight excluding hydrogens is 220 g/mol. The second-order valence-corrected chi connectivity index (χ2v) is 4.84. The fourth-order valence-corrected chi connectivity index (χ4v) is 2.69. The number of halogens is 1. The van der Waals surface area contributed by atoms with Gasteiger partial charge in [-0.25, -0.2) is 0 Å². The highest BCUT2D eigenvalue weighted by Gasteiger charge is 2.31. The number of rotatable bonds is 2. The third kappa shape index (κ3) is 2.35. The van der Waals surface area contributed by atoms with Crippen molar-refractivity contribution in [2.45, 2.75) is 31.3 Å². The van der Waals surface area contributed by atoms with Crippen molar-refractivity contribution in [3.63, 3.8) is 0 Å². The Morgan fingerprint density at radius 3 is 2.64 bits per heavy atom. The zero-order chi connectivity index (χ0) is 9.26. The standard InChI is InChI=1S/C9H16N2OS.ClH/c1-11(7-3-2-4-7)9(12)8-5-13-6-10-8;/h7-8,10H,2-6H2,1H3;1H/t8-;/m1./s1. The first-order valence-corrected chi connectivity index (χ1v) is 6.02. The summed E-state index contributed by atoms with van der Waals surface area (Å²) in [7, 11) is 1.94. The quantitative estimate of drug-likeness (QED) is 0.779. The van der Waals surface area contributed by atoms with Crippen molar-refractivity contribution in [1.82, 2.24) is 10.2 Å². The van der Waals surface area contributed by atoms with Crippen LogP contribution in [-0.4, -0.2) is 41.6 Å². The lowest BCUT2D eigenvalue weighted by atomic mass is 9.91. The van der Waals surface area contributed by atoms with Gasteiger partial charge in [-0.05, 0) is 19.3 Å². The molecule has 0 radical (unpaired) electrons. The Labute approximate surface area is 95.4 Å². The fraction of sp³-hybridized carbons (Fsp3) is 0.889. The highest BCUT2D eigenvalue weighted by Crippen LogP contribution is 2.24. The molecule has 3 nitrogen and oxygen atoms in total. The summed E-state index contributed by atoms with van der Waals surface area (Å²) in [5.74, 6) is 2.15. The lowest BCUT2D eigenvalue weighted by molar-refractivity contribution is -0.134. The maximum atomic E-state index is 11.8. The summed E-state index contributed by atoms with van der Waals surface area (Å²) in [5.41, 5.74) is 0. The van der Waals surface area contributed by atoms with Gasteiger partial charge in [0.15, 0.2) is 0 Å². The summed E-state index contributed by atoms with van der Waals surface area (Å²) in [6.45, 7) is 0. The zero-order valence-corrected chi connectivity index (χ0v) is 10.00. The van der Waals surface area contributed by atoms with Crippen LogP contribution in [0, 0.1) is 0 Å². The average molecular weight is 237 g/mol. The van der Waals surface area contributed by atoms with Crippen molar-refractivity contribution in [1.29, 1.82) is 0 Å². The summed E-state index contributed by atoms with van der Waals surface area (Å²) in [6, 6.07) is 0.607. The van der Waals surface area contributed by atoms with E-state index in [1.165, 1.54) is 19.3 Å². The molecule has 1 aliphatic carbocycles. The third-order valence-electron chi connectivity index (χ3n) is 2.98. The minimum Gasteiger partial charge on any atom is -0.341 e. The van der Waals surface area contributed by atoms with Crippen LogP contribution >= 0.6 is 24.2 Å². The Bertz CT molecular complexity index is 205. The Morgan fingerprint density at radius 2 is 2.21 bits per heavy atom. The van der Waals surface area contributed by atoms with Crippen molar-refractivity contribution in [3.8, 4) is 0 Å². The highest BCUT2D eigenvalue weighted by atomic mass is 35.5. The van der Waals surface area contributed by atoms with Crippen molar-refractivity contribution in [2.24, 2.45) is 0 Å². The Morgan fingerprint density at radius 1 is 1.50 bits per heavy atom. The first kappa shape index (κ1) is 12.1. The first-order chi connectivity index (χ1) is 6.29. The van der Waals surface area contributed by atoms with Gasteiger partial charge in [-0.15, -0.1) is 24.2 Å². The van der Waals surface area contributed by atoms with Crippen LogP contribution < -0.4 is 5.32 Å². The molecule has 5 heteroatoms. The minimum absolute atomic E-state index is 0. The van der Waals surface area contributed by atoms with Crippen molar-refractivity contribution in [3.05, 3.63) is 0 Å². The number of hydrogen-bond acceptors (Lipinski definition) is 3. The van der Waals surface area contributed by atoms with Gasteiger partial charge in [0.2, 0.25) is 5.91 Å². The lowest BCUT2D eigenvalue weighted by Crippen LogP contribution is -2.49. The molecule has 2 aliphatic rings. The van der Waals surface area contributed by atoms with E-state index in [0.29, 0.717) is 6.04 Å². The number of likely N-dealkylation sites (N-methyl/N-ethyl adjacent to an activating group) is 1. The number of hydrogen-bond donors (Lipinski definition) is 1. The van der Waals surface area contributed by atoms with Crippen LogP contribution in [0.4, 0.5) is 0 Å². The van der Waals surface area contributed by atoms with E-state index in [-0.39, 0.29) is 24.4 Å². The van der Waals surface area contributed by atoms with E-state index in [1.54, 1.807) is 11.8 Å². The smallest absolute Gasteiger partial charge is 0.240 e. The molecule has 0 unspecified atom stereocenters. The zero-order valence-electron chi connectivity index (χ0n) is 8.36. The van der Waals surface area contributed by atoms with Gasteiger partial charge in [0.1, 0.15) is 0 Å². The second kappa shape index (κ2) is 5.24. The van der Waals surface area contributed by atoms with Gasteiger partial charge < -0.3 is 4.90 Å². The lowest BCUT2D eigenvalue weighted by Gasteiger charge is -2.36. The Balaban J connectivity index is 0.000000980. The van der Waals surface area contributed by atoms with E-state index < -0.39 is 0 Å². The molecule has 0 aromatic rings. The van der Waals surface area contributed by atoms with Crippen LogP contribution in [0.3, 0.4) is 0 Å². The van der Waals surface area contributed by atoms with Gasteiger partial charge in [0.25, 0.3) is 0 Å². The van der Waals surface area contributed by atoms with E-state index in [1.807, 2.05) is 11.9 Å². The number of nitrogens with zero attached hydrogens (tertiary/aromatic N) is 1. The molecule has 14 heavy (non-hydrogen) atoms. The van der Waals surface area contributed by atoms with Crippen LogP contribution in [-0.2, 0) is 4.79 Å². The molecule has 0 bridgehead atoms. The predicted octanol–water partition coefficient (Wildman–Crippen LogP) is 1.08. The molecule has 0 spiro atoms. The van der Waals surface area contributed by atoms with Gasteiger partial charge in [-0.2, -0.15) is 0 Å². The van der Waals surface area contributed by atoms with Crippen LogP contribution in [0.2, 0.25) is 0 Å². The molecule has 0 aromatic heterocycles.